The molecule has 2 aromatic rings. The number of nitrogens with zero attached hydrogens (tertiary/aromatic N) is 3. The van der Waals surface area contributed by atoms with E-state index in [1.54, 1.807) is 22.0 Å². The first-order chi connectivity index (χ1) is 12.6. The van der Waals surface area contributed by atoms with Gasteiger partial charge in [0.15, 0.2) is 0 Å². The van der Waals surface area contributed by atoms with Gasteiger partial charge in [-0.1, -0.05) is 31.0 Å². The van der Waals surface area contributed by atoms with Gasteiger partial charge in [0, 0.05) is 12.2 Å². The number of carbonyl (C=O) groups excluding carboxylic acids is 1. The lowest BCUT2D eigenvalue weighted by Crippen LogP contribution is -2.46. The highest BCUT2D eigenvalue weighted by atomic mass is 16.4. The Hall–Kier alpha value is -2.63. The number of rotatable bonds is 3. The number of carboxylic acids is 1. The maximum Gasteiger partial charge on any atom is 0.326 e. The van der Waals surface area contributed by atoms with Crippen molar-refractivity contribution in [2.24, 2.45) is 5.92 Å². The average Bonchev–Trinajstić information content (AvgIpc) is 3.26. The molecule has 1 saturated heterocycles. The third-order valence-electron chi connectivity index (χ3n) is 5.80. The van der Waals surface area contributed by atoms with E-state index < -0.39 is 12.0 Å². The zero-order valence-electron chi connectivity index (χ0n) is 14.8. The lowest BCUT2D eigenvalue weighted by Gasteiger charge is -2.32. The number of benzene rings is 1. The van der Waals surface area contributed by atoms with Crippen LogP contribution in [0, 0.1) is 12.8 Å². The van der Waals surface area contributed by atoms with Crippen LogP contribution in [0.4, 0.5) is 0 Å². The third-order valence-corrected chi connectivity index (χ3v) is 5.80. The molecule has 1 aromatic heterocycles. The summed E-state index contributed by atoms with van der Waals surface area (Å²) in [7, 11) is 0. The van der Waals surface area contributed by atoms with Gasteiger partial charge in [0.05, 0.1) is 17.4 Å². The first-order valence-corrected chi connectivity index (χ1v) is 9.22. The molecule has 1 aliphatic carbocycles. The van der Waals surface area contributed by atoms with Crippen LogP contribution in [-0.4, -0.2) is 43.7 Å². The fourth-order valence-corrected chi connectivity index (χ4v) is 4.51. The van der Waals surface area contributed by atoms with Crippen LogP contribution >= 0.6 is 0 Å². The molecule has 26 heavy (non-hydrogen) atoms. The van der Waals surface area contributed by atoms with E-state index >= 15 is 0 Å². The van der Waals surface area contributed by atoms with Crippen molar-refractivity contribution in [3.63, 3.8) is 0 Å². The van der Waals surface area contributed by atoms with Crippen LogP contribution in [0.1, 0.15) is 48.0 Å². The van der Waals surface area contributed by atoms with E-state index in [0.717, 1.165) is 36.9 Å². The summed E-state index contributed by atoms with van der Waals surface area (Å²) in [6.45, 7) is 1.99. The van der Waals surface area contributed by atoms with Crippen molar-refractivity contribution in [3.8, 4) is 5.69 Å². The molecule has 0 bridgehead atoms. The molecule has 1 N–H and O–H groups in total. The number of amides is 1. The summed E-state index contributed by atoms with van der Waals surface area (Å²) in [5.74, 6) is -0.814. The molecule has 6 heteroatoms. The molecule has 1 aromatic carbocycles. The van der Waals surface area contributed by atoms with Gasteiger partial charge in [0.1, 0.15) is 6.04 Å². The van der Waals surface area contributed by atoms with Crippen molar-refractivity contribution in [3.05, 3.63) is 47.8 Å². The number of aliphatic carboxylic acids is 1. The van der Waals surface area contributed by atoms with Gasteiger partial charge in [-0.15, -0.1) is 0 Å². The minimum Gasteiger partial charge on any atom is -0.480 e. The summed E-state index contributed by atoms with van der Waals surface area (Å²) in [6.07, 6.45) is 7.91. The summed E-state index contributed by atoms with van der Waals surface area (Å²) in [5, 5.41) is 14.0. The Bertz CT molecular complexity index is 844. The number of likely N-dealkylation sites (tertiary alicyclic amines) is 1. The van der Waals surface area contributed by atoms with E-state index in [2.05, 4.69) is 5.10 Å². The normalized spacial score (nSPS) is 25.1. The maximum absolute atomic E-state index is 13.2. The minimum absolute atomic E-state index is 0.0409. The van der Waals surface area contributed by atoms with Gasteiger partial charge >= 0.3 is 5.97 Å². The molecule has 2 fully saturated rings. The lowest BCUT2D eigenvalue weighted by molar-refractivity contribution is -0.141. The van der Waals surface area contributed by atoms with Gasteiger partial charge < -0.3 is 10.0 Å². The summed E-state index contributed by atoms with van der Waals surface area (Å²) < 4.78 is 1.69. The van der Waals surface area contributed by atoms with Gasteiger partial charge in [-0.3, -0.25) is 4.79 Å². The van der Waals surface area contributed by atoms with E-state index in [1.807, 2.05) is 31.2 Å². The Labute approximate surface area is 152 Å². The highest BCUT2D eigenvalue weighted by Gasteiger charge is 2.47. The van der Waals surface area contributed by atoms with Crippen LogP contribution < -0.4 is 0 Å². The van der Waals surface area contributed by atoms with E-state index in [0.29, 0.717) is 17.9 Å². The molecule has 3 atom stereocenters. The molecule has 136 valence electrons. The molecule has 2 heterocycles. The van der Waals surface area contributed by atoms with Crippen molar-refractivity contribution >= 4 is 11.9 Å². The molecule has 1 saturated carbocycles. The van der Waals surface area contributed by atoms with Crippen LogP contribution in [0.25, 0.3) is 5.69 Å². The van der Waals surface area contributed by atoms with Gasteiger partial charge in [-0.05, 0) is 43.7 Å². The molecule has 4 rings (SSSR count). The van der Waals surface area contributed by atoms with Crippen molar-refractivity contribution in [1.82, 2.24) is 14.7 Å². The van der Waals surface area contributed by atoms with Crippen LogP contribution in [0.5, 0.6) is 0 Å². The number of carbonyl (C=O) groups is 2. The highest BCUT2D eigenvalue weighted by molar-refractivity contribution is 5.97. The van der Waals surface area contributed by atoms with E-state index in [1.165, 1.54) is 0 Å². The molecule has 1 amide bonds. The Morgan fingerprint density at radius 2 is 1.96 bits per heavy atom. The number of aryl methyl sites for hydroxylation is 1. The third kappa shape index (κ3) is 2.79. The van der Waals surface area contributed by atoms with Crippen LogP contribution in [0.15, 0.2) is 36.7 Å². The van der Waals surface area contributed by atoms with Crippen LogP contribution in [-0.2, 0) is 4.79 Å². The van der Waals surface area contributed by atoms with E-state index in [-0.39, 0.29) is 11.9 Å². The predicted octanol–water partition coefficient (Wildman–Crippen LogP) is 3.04. The zero-order chi connectivity index (χ0) is 18.3. The van der Waals surface area contributed by atoms with Gasteiger partial charge in [-0.25, -0.2) is 9.48 Å². The Morgan fingerprint density at radius 1 is 1.19 bits per heavy atom. The molecule has 3 unspecified atom stereocenters. The number of fused-ring (bicyclic) bond motifs is 1. The second-order valence-corrected chi connectivity index (χ2v) is 7.37. The molecule has 2 aliphatic rings. The Morgan fingerprint density at radius 3 is 2.73 bits per heavy atom. The molecule has 1 aliphatic heterocycles. The standard InChI is InChI=1S/C20H23N3O3/c1-13-6-2-4-8-16(13)22-12-15(11-21-22)19(24)23-17-9-5-3-7-14(17)10-18(23)20(25)26/h2,4,6,8,11-12,14,17-18H,3,5,7,9-10H2,1H3,(H,25,26). The first kappa shape index (κ1) is 16.8. The summed E-state index contributed by atoms with van der Waals surface area (Å²) in [4.78, 5) is 26.5. The molecular formula is C20H23N3O3. The van der Waals surface area contributed by atoms with Crippen molar-refractivity contribution in [1.29, 1.82) is 0 Å². The van der Waals surface area contributed by atoms with Gasteiger partial charge in [-0.2, -0.15) is 5.10 Å². The average molecular weight is 353 g/mol. The number of carboxylic acid groups (broad SMARTS) is 1. The molecular weight excluding hydrogens is 330 g/mol. The van der Waals surface area contributed by atoms with Crippen LogP contribution in [0.3, 0.4) is 0 Å². The van der Waals surface area contributed by atoms with Crippen molar-refractivity contribution in [2.45, 2.75) is 51.1 Å². The summed E-state index contributed by atoms with van der Waals surface area (Å²) in [6, 6.07) is 7.14. The Kier molecular flexibility index (Phi) is 4.26. The Balaban J connectivity index is 1.64. The van der Waals surface area contributed by atoms with Crippen LogP contribution in [0.2, 0.25) is 0 Å². The van der Waals surface area contributed by atoms with Crippen molar-refractivity contribution < 1.29 is 14.7 Å². The highest BCUT2D eigenvalue weighted by Crippen LogP contribution is 2.40. The number of aromatic nitrogens is 2. The fraction of sp³-hybridized carbons (Fsp3) is 0.450. The number of hydrogen-bond acceptors (Lipinski definition) is 3. The predicted molar refractivity (Wildman–Crippen MR) is 96.3 cm³/mol. The smallest absolute Gasteiger partial charge is 0.326 e. The number of para-hydroxylation sites is 1. The second-order valence-electron chi connectivity index (χ2n) is 7.37. The second kappa shape index (κ2) is 6.59. The molecule has 0 radical (unpaired) electrons. The quantitative estimate of drug-likeness (QED) is 0.920. The largest absolute Gasteiger partial charge is 0.480 e. The van der Waals surface area contributed by atoms with Crippen molar-refractivity contribution in [2.75, 3.05) is 0 Å². The summed E-state index contributed by atoms with van der Waals surface area (Å²) in [5.41, 5.74) is 2.43. The topological polar surface area (TPSA) is 75.4 Å². The zero-order valence-corrected chi connectivity index (χ0v) is 14.8. The van der Waals surface area contributed by atoms with E-state index in [4.69, 9.17) is 0 Å². The minimum atomic E-state index is -0.904. The molecule has 6 nitrogen and oxygen atoms in total. The monoisotopic (exact) mass is 353 g/mol. The SMILES string of the molecule is Cc1ccccc1-n1cc(C(=O)N2C(C(=O)O)CC3CCCCC32)cn1. The van der Waals surface area contributed by atoms with Gasteiger partial charge in [0.2, 0.25) is 0 Å². The summed E-state index contributed by atoms with van der Waals surface area (Å²) >= 11 is 0. The maximum atomic E-state index is 13.2. The molecule has 0 spiro atoms. The van der Waals surface area contributed by atoms with E-state index in [9.17, 15) is 14.7 Å². The fourth-order valence-electron chi connectivity index (χ4n) is 4.51. The first-order valence-electron chi connectivity index (χ1n) is 9.22. The number of hydrogen-bond donors (Lipinski definition) is 1. The van der Waals surface area contributed by atoms with Gasteiger partial charge in [0.25, 0.3) is 5.91 Å². The lowest BCUT2D eigenvalue weighted by atomic mass is 9.84.